The molecular weight excluding hydrogens is 222 g/mol. The van der Waals surface area contributed by atoms with Crippen molar-refractivity contribution in [2.24, 2.45) is 0 Å². The molecule has 0 aromatic heterocycles. The Hall–Kier alpha value is -0.730. The third-order valence-electron chi connectivity index (χ3n) is 3.34. The average molecular weight is 240 g/mol. The minimum atomic E-state index is 0.00860. The number of aliphatic hydroxyl groups excluding tert-OH is 1. The summed E-state index contributed by atoms with van der Waals surface area (Å²) in [6.45, 7) is 3.37. The summed E-state index contributed by atoms with van der Waals surface area (Å²) in [5.41, 5.74) is 1.98. The number of hydrogen-bond donors (Lipinski definition) is 1. The monoisotopic (exact) mass is 239 g/mol. The minimum Gasteiger partial charge on any atom is -0.392 e. The maximum Gasteiger partial charge on any atom is 0.0696 e. The fraction of sp³-hybridized carbons (Fsp3) is 0.538. The summed E-state index contributed by atoms with van der Waals surface area (Å²) in [4.78, 5) is 2.40. The molecule has 0 bridgehead atoms. The van der Waals surface area contributed by atoms with Gasteiger partial charge in [-0.1, -0.05) is 17.7 Å². The van der Waals surface area contributed by atoms with Gasteiger partial charge < -0.3 is 10.0 Å². The molecule has 16 heavy (non-hydrogen) atoms. The molecule has 0 spiro atoms. The first-order valence-corrected chi connectivity index (χ1v) is 6.26. The second kappa shape index (κ2) is 5.07. The number of hydrogen-bond acceptors (Lipinski definition) is 2. The molecule has 88 valence electrons. The normalized spacial score (nSPS) is 21.2. The van der Waals surface area contributed by atoms with Crippen LogP contribution in [0.4, 0.5) is 5.69 Å². The summed E-state index contributed by atoms with van der Waals surface area (Å²) in [6, 6.07) is 6.53. The van der Waals surface area contributed by atoms with Crippen LogP contribution in [0.15, 0.2) is 18.2 Å². The summed E-state index contributed by atoms with van der Waals surface area (Å²) in [5, 5.41) is 9.74. The lowest BCUT2D eigenvalue weighted by Gasteiger charge is -2.35. The average Bonchev–Trinajstić information content (AvgIpc) is 2.29. The van der Waals surface area contributed by atoms with Gasteiger partial charge in [0, 0.05) is 23.3 Å². The predicted molar refractivity (Wildman–Crippen MR) is 68.0 cm³/mol. The van der Waals surface area contributed by atoms with Crippen LogP contribution in [0.5, 0.6) is 0 Å². The van der Waals surface area contributed by atoms with Crippen LogP contribution in [0.3, 0.4) is 0 Å². The van der Waals surface area contributed by atoms with Crippen LogP contribution in [0.1, 0.15) is 31.7 Å². The van der Waals surface area contributed by atoms with Gasteiger partial charge in [0.15, 0.2) is 0 Å². The SMILES string of the molecule is CC1CCCCN1c1ccc(CO)c(Cl)c1. The highest BCUT2D eigenvalue weighted by atomic mass is 35.5. The smallest absolute Gasteiger partial charge is 0.0696 e. The Labute approximate surface area is 102 Å². The zero-order valence-electron chi connectivity index (χ0n) is 9.62. The van der Waals surface area contributed by atoms with Gasteiger partial charge in [-0.15, -0.1) is 0 Å². The van der Waals surface area contributed by atoms with Crippen LogP contribution in [0.25, 0.3) is 0 Å². The first kappa shape index (κ1) is 11.7. The lowest BCUT2D eigenvalue weighted by Crippen LogP contribution is -2.37. The van der Waals surface area contributed by atoms with E-state index in [0.29, 0.717) is 11.1 Å². The molecule has 1 heterocycles. The Morgan fingerprint density at radius 1 is 1.44 bits per heavy atom. The molecule has 1 aliphatic rings. The Morgan fingerprint density at radius 2 is 2.25 bits per heavy atom. The van der Waals surface area contributed by atoms with Crippen LogP contribution in [0.2, 0.25) is 5.02 Å². The van der Waals surface area contributed by atoms with Crippen molar-refractivity contribution in [1.82, 2.24) is 0 Å². The summed E-state index contributed by atoms with van der Waals surface area (Å²) in [7, 11) is 0. The Morgan fingerprint density at radius 3 is 2.88 bits per heavy atom. The summed E-state index contributed by atoms with van der Waals surface area (Å²) >= 11 is 6.11. The first-order chi connectivity index (χ1) is 7.72. The van der Waals surface area contributed by atoms with E-state index in [1.807, 2.05) is 12.1 Å². The van der Waals surface area contributed by atoms with Gasteiger partial charge in [-0.25, -0.2) is 0 Å². The van der Waals surface area contributed by atoms with Crippen molar-refractivity contribution in [3.05, 3.63) is 28.8 Å². The molecule has 1 saturated heterocycles. The Kier molecular flexibility index (Phi) is 3.72. The van der Waals surface area contributed by atoms with Crippen LogP contribution >= 0.6 is 11.6 Å². The molecule has 1 unspecified atom stereocenters. The van der Waals surface area contributed by atoms with Crippen molar-refractivity contribution in [2.45, 2.75) is 38.8 Å². The van der Waals surface area contributed by atoms with Gasteiger partial charge in [-0.3, -0.25) is 0 Å². The second-order valence-electron chi connectivity index (χ2n) is 4.47. The topological polar surface area (TPSA) is 23.5 Å². The lowest BCUT2D eigenvalue weighted by atomic mass is 10.0. The van der Waals surface area contributed by atoms with E-state index in [2.05, 4.69) is 17.9 Å². The maximum atomic E-state index is 9.07. The molecule has 1 atom stereocenters. The van der Waals surface area contributed by atoms with E-state index in [-0.39, 0.29) is 6.61 Å². The van der Waals surface area contributed by atoms with E-state index in [9.17, 15) is 0 Å². The van der Waals surface area contributed by atoms with Crippen LogP contribution in [-0.4, -0.2) is 17.7 Å². The molecule has 1 N–H and O–H groups in total. The highest BCUT2D eigenvalue weighted by Gasteiger charge is 2.18. The molecule has 1 aromatic rings. The van der Waals surface area contributed by atoms with Crippen molar-refractivity contribution < 1.29 is 5.11 Å². The molecule has 0 radical (unpaired) electrons. The molecule has 2 rings (SSSR count). The van der Waals surface area contributed by atoms with Crippen molar-refractivity contribution in [3.63, 3.8) is 0 Å². The highest BCUT2D eigenvalue weighted by Crippen LogP contribution is 2.28. The molecule has 3 heteroatoms. The number of rotatable bonds is 2. The van der Waals surface area contributed by atoms with Gasteiger partial charge >= 0.3 is 0 Å². The van der Waals surface area contributed by atoms with Gasteiger partial charge in [-0.05, 0) is 43.9 Å². The summed E-state index contributed by atoms with van der Waals surface area (Å²) in [5.74, 6) is 0. The quantitative estimate of drug-likeness (QED) is 0.857. The Bertz CT molecular complexity index is 367. The highest BCUT2D eigenvalue weighted by molar-refractivity contribution is 6.31. The zero-order valence-corrected chi connectivity index (χ0v) is 10.4. The van der Waals surface area contributed by atoms with Crippen molar-refractivity contribution in [2.75, 3.05) is 11.4 Å². The number of anilines is 1. The van der Waals surface area contributed by atoms with Crippen molar-refractivity contribution in [3.8, 4) is 0 Å². The van der Waals surface area contributed by atoms with Gasteiger partial charge in [0.25, 0.3) is 0 Å². The third kappa shape index (κ3) is 2.33. The molecule has 1 fully saturated rings. The van der Waals surface area contributed by atoms with E-state index in [1.165, 1.54) is 24.9 Å². The zero-order chi connectivity index (χ0) is 11.5. The number of halogens is 1. The molecule has 0 saturated carbocycles. The summed E-state index contributed by atoms with van der Waals surface area (Å²) in [6.07, 6.45) is 3.82. The van der Waals surface area contributed by atoms with Crippen molar-refractivity contribution in [1.29, 1.82) is 0 Å². The molecule has 1 aliphatic heterocycles. The van der Waals surface area contributed by atoms with Gasteiger partial charge in [0.05, 0.1) is 6.61 Å². The van der Waals surface area contributed by atoms with Crippen LogP contribution in [0, 0.1) is 0 Å². The molecule has 1 aromatic carbocycles. The fourth-order valence-electron chi connectivity index (χ4n) is 2.32. The van der Waals surface area contributed by atoms with E-state index >= 15 is 0 Å². The van der Waals surface area contributed by atoms with Crippen LogP contribution in [-0.2, 0) is 6.61 Å². The molecule has 0 amide bonds. The van der Waals surface area contributed by atoms with E-state index < -0.39 is 0 Å². The van der Waals surface area contributed by atoms with Gasteiger partial charge in [0.1, 0.15) is 0 Å². The molecular formula is C13H18ClNO. The number of nitrogens with zero attached hydrogens (tertiary/aromatic N) is 1. The summed E-state index contributed by atoms with van der Waals surface area (Å²) < 4.78 is 0. The van der Waals surface area contributed by atoms with Crippen LogP contribution < -0.4 is 4.90 Å². The second-order valence-corrected chi connectivity index (χ2v) is 4.88. The molecule has 0 aliphatic carbocycles. The van der Waals surface area contributed by atoms with Gasteiger partial charge in [0.2, 0.25) is 0 Å². The predicted octanol–water partition coefficient (Wildman–Crippen LogP) is 3.21. The number of aliphatic hydroxyl groups is 1. The lowest BCUT2D eigenvalue weighted by molar-refractivity contribution is 0.282. The maximum absolute atomic E-state index is 9.07. The van der Waals surface area contributed by atoms with Gasteiger partial charge in [-0.2, -0.15) is 0 Å². The standard InChI is InChI=1S/C13H18ClNO/c1-10-4-2-3-7-15(10)12-6-5-11(9-16)13(14)8-12/h5-6,8,10,16H,2-4,7,9H2,1H3. The van der Waals surface area contributed by atoms with E-state index in [0.717, 1.165) is 12.1 Å². The third-order valence-corrected chi connectivity index (χ3v) is 3.69. The minimum absolute atomic E-state index is 0.00860. The fourth-order valence-corrected chi connectivity index (χ4v) is 2.56. The first-order valence-electron chi connectivity index (χ1n) is 5.88. The van der Waals surface area contributed by atoms with Crippen molar-refractivity contribution >= 4 is 17.3 Å². The molecule has 2 nitrogen and oxygen atoms in total. The number of piperidine rings is 1. The number of benzene rings is 1. The largest absolute Gasteiger partial charge is 0.392 e. The Balaban J connectivity index is 2.22. The van der Waals surface area contributed by atoms with E-state index in [1.54, 1.807) is 0 Å². The van der Waals surface area contributed by atoms with E-state index in [4.69, 9.17) is 16.7 Å².